The summed E-state index contributed by atoms with van der Waals surface area (Å²) in [6, 6.07) is 147. The van der Waals surface area contributed by atoms with Gasteiger partial charge in [0, 0.05) is 145 Å². The van der Waals surface area contributed by atoms with Gasteiger partial charge in [-0.3, -0.25) is 0 Å². The maximum absolute atomic E-state index is 2.41. The van der Waals surface area contributed by atoms with Gasteiger partial charge in [0.05, 0.1) is 16.7 Å². The zero-order valence-corrected chi connectivity index (χ0v) is 61.1. The summed E-state index contributed by atoms with van der Waals surface area (Å²) in [5.41, 5.74) is 19.6. The lowest BCUT2D eigenvalue weighted by Crippen LogP contribution is -2.10. The molecule has 0 fully saturated rings. The van der Waals surface area contributed by atoms with Gasteiger partial charge in [-0.1, -0.05) is 218 Å². The highest BCUT2D eigenvalue weighted by Crippen LogP contribution is 2.50. The SMILES string of the molecule is c1ccc(-c2ccc(N(c3ccc4sc5cc(N(c6ccccc6)c6ccccc6)ccc5c4c3)c3ccc4c(c3)c3ccccc3n4-c3ccccc3)cc2)cc1.c1ccc(N(c2ccc3sc4ccccc4c3c2)c2ccc3sc4cc(N(c5ccccc5)c5ccccc5)c5ccccc5c4c3c2)cc1. The van der Waals surface area contributed by atoms with Crippen LogP contribution in [-0.2, 0) is 0 Å². The number of para-hydroxylation sites is 7. The zero-order valence-electron chi connectivity index (χ0n) is 58.6. The molecular formula is C100H67N5S3. The molecule has 0 bridgehead atoms. The van der Waals surface area contributed by atoms with Crippen LogP contribution in [0.3, 0.4) is 0 Å². The smallest absolute Gasteiger partial charge is 0.0554 e. The Bertz CT molecular complexity index is 6780. The minimum Gasteiger partial charge on any atom is -0.310 e. The average Bonchev–Trinajstić information content (AvgIpc) is 1.58. The normalized spacial score (nSPS) is 11.5. The molecule has 17 aromatic carbocycles. The van der Waals surface area contributed by atoms with Gasteiger partial charge in [0.2, 0.25) is 0 Å². The summed E-state index contributed by atoms with van der Waals surface area (Å²) >= 11 is 5.58. The molecule has 0 amide bonds. The fourth-order valence-electron chi connectivity index (χ4n) is 15.9. The molecule has 4 aromatic heterocycles. The Morgan fingerprint density at radius 3 is 1.08 bits per heavy atom. The maximum Gasteiger partial charge on any atom is 0.0554 e. The summed E-state index contributed by atoms with van der Waals surface area (Å²) in [6.45, 7) is 0. The third kappa shape index (κ3) is 11.6. The van der Waals surface area contributed by atoms with Crippen molar-refractivity contribution in [3.8, 4) is 16.8 Å². The summed E-state index contributed by atoms with van der Waals surface area (Å²) < 4.78 is 10.1. The molecule has 0 radical (unpaired) electrons. The van der Waals surface area contributed by atoms with E-state index in [0.717, 1.165) is 68.2 Å². The molecule has 0 saturated heterocycles. The third-order valence-corrected chi connectivity index (χ3v) is 24.1. The van der Waals surface area contributed by atoms with Gasteiger partial charge < -0.3 is 24.2 Å². The van der Waals surface area contributed by atoms with Crippen LogP contribution in [0, 0.1) is 0 Å². The standard InChI is InChI=1S/C54H37N3S.C46H30N2S2/c1-5-15-38(16-6-1)39-25-27-43(28-26-39)56(44-30-33-52-49(35-44)47-23-13-14-24-51(47)57(52)42-21-11-4-12-22-42)45-31-34-53-50(36-45)48-32-29-46(37-54(48)58-53)55(40-17-7-2-8-18-40)41-19-9-3-10-20-41;1-4-14-31(15-5-1)47(34-24-26-43-39(28-34)37-21-12-13-23-42(37)49-43)35-25-27-44-40(29-35)46-38-22-11-10-20-36(38)41(30-45(46)50-44)48(32-16-6-2-7-17-32)33-18-8-3-9-19-33/h1-37H;1-30H. The Labute approximate surface area is 638 Å². The number of benzene rings is 17. The van der Waals surface area contributed by atoms with Gasteiger partial charge in [-0.05, 0) is 205 Å². The summed E-state index contributed by atoms with van der Waals surface area (Å²) in [6.07, 6.45) is 0. The van der Waals surface area contributed by atoms with Gasteiger partial charge in [-0.25, -0.2) is 0 Å². The van der Waals surface area contributed by atoms with Gasteiger partial charge >= 0.3 is 0 Å². The van der Waals surface area contributed by atoms with Gasteiger partial charge in [0.15, 0.2) is 0 Å². The molecule has 21 aromatic rings. The van der Waals surface area contributed by atoms with E-state index in [1.54, 1.807) is 0 Å². The minimum absolute atomic E-state index is 1.10. The molecule has 0 N–H and O–H groups in total. The quantitative estimate of drug-likeness (QED) is 0.108. The topological polar surface area (TPSA) is 17.9 Å². The van der Waals surface area contributed by atoms with Crippen LogP contribution >= 0.6 is 34.0 Å². The Morgan fingerprint density at radius 2 is 0.519 bits per heavy atom. The fraction of sp³-hybridized carbons (Fsp3) is 0. The number of aromatic nitrogens is 1. The summed E-state index contributed by atoms with van der Waals surface area (Å²) in [5, 5.41) is 12.6. The Kier molecular flexibility index (Phi) is 16.4. The van der Waals surface area contributed by atoms with E-state index >= 15 is 0 Å². The van der Waals surface area contributed by atoms with Gasteiger partial charge in [-0.15, -0.1) is 34.0 Å². The molecule has 0 unspecified atom stereocenters. The molecule has 0 aliphatic rings. The lowest BCUT2D eigenvalue weighted by molar-refractivity contribution is 1.18. The van der Waals surface area contributed by atoms with E-state index in [-0.39, 0.29) is 0 Å². The fourth-order valence-corrected chi connectivity index (χ4v) is 19.2. The highest BCUT2D eigenvalue weighted by Gasteiger charge is 2.24. The van der Waals surface area contributed by atoms with Crippen LogP contribution in [0.4, 0.5) is 68.2 Å². The second-order valence-electron chi connectivity index (χ2n) is 27.2. The summed E-state index contributed by atoms with van der Waals surface area (Å²) in [4.78, 5) is 9.53. The highest BCUT2D eigenvalue weighted by atomic mass is 32.1. The van der Waals surface area contributed by atoms with Crippen molar-refractivity contribution in [2.45, 2.75) is 0 Å². The van der Waals surface area contributed by atoms with Crippen LogP contribution < -0.4 is 19.6 Å². The van der Waals surface area contributed by atoms with E-state index in [2.05, 4.69) is 431 Å². The van der Waals surface area contributed by atoms with Crippen LogP contribution in [0.2, 0.25) is 0 Å². The summed E-state index contributed by atoms with van der Waals surface area (Å²) in [5.74, 6) is 0. The molecule has 0 atom stereocenters. The van der Waals surface area contributed by atoms with Crippen molar-refractivity contribution < 1.29 is 0 Å². The number of anilines is 12. The van der Waals surface area contributed by atoms with Crippen molar-refractivity contribution >= 4 is 195 Å². The first-order valence-electron chi connectivity index (χ1n) is 36.5. The molecule has 108 heavy (non-hydrogen) atoms. The molecule has 0 aliphatic carbocycles. The predicted octanol–water partition coefficient (Wildman–Crippen LogP) is 30.3. The van der Waals surface area contributed by atoms with Crippen molar-refractivity contribution in [2.75, 3.05) is 19.6 Å². The molecule has 8 heteroatoms. The van der Waals surface area contributed by atoms with E-state index < -0.39 is 0 Å². The van der Waals surface area contributed by atoms with Crippen LogP contribution in [0.1, 0.15) is 0 Å². The van der Waals surface area contributed by atoms with Gasteiger partial charge in [0.1, 0.15) is 0 Å². The lowest BCUT2D eigenvalue weighted by atomic mass is 10.0. The first-order valence-corrected chi connectivity index (χ1v) is 39.0. The molecule has 5 nitrogen and oxygen atoms in total. The van der Waals surface area contributed by atoms with Crippen LogP contribution in [0.5, 0.6) is 0 Å². The van der Waals surface area contributed by atoms with Crippen LogP contribution in [-0.4, -0.2) is 4.57 Å². The monoisotopic (exact) mass is 1430 g/mol. The first-order chi connectivity index (χ1) is 53.6. The van der Waals surface area contributed by atoms with E-state index in [1.165, 1.54) is 110 Å². The van der Waals surface area contributed by atoms with E-state index in [4.69, 9.17) is 0 Å². The van der Waals surface area contributed by atoms with E-state index in [0.29, 0.717) is 0 Å². The lowest BCUT2D eigenvalue weighted by Gasteiger charge is -2.27. The number of fused-ring (bicyclic) bond motifs is 14. The Morgan fingerprint density at radius 1 is 0.176 bits per heavy atom. The number of rotatable bonds is 14. The van der Waals surface area contributed by atoms with E-state index in [1.807, 2.05) is 34.0 Å². The molecule has 0 aliphatic heterocycles. The zero-order chi connectivity index (χ0) is 71.4. The molecule has 0 spiro atoms. The van der Waals surface area contributed by atoms with E-state index in [9.17, 15) is 0 Å². The van der Waals surface area contributed by atoms with Crippen molar-refractivity contribution in [3.63, 3.8) is 0 Å². The van der Waals surface area contributed by atoms with Gasteiger partial charge in [0.25, 0.3) is 0 Å². The predicted molar refractivity (Wildman–Crippen MR) is 468 cm³/mol. The Balaban J connectivity index is 0.000000144. The Hall–Kier alpha value is -13.3. The largest absolute Gasteiger partial charge is 0.310 e. The highest BCUT2D eigenvalue weighted by molar-refractivity contribution is 7.26. The number of hydrogen-bond acceptors (Lipinski definition) is 7. The second-order valence-corrected chi connectivity index (χ2v) is 30.4. The van der Waals surface area contributed by atoms with Crippen LogP contribution in [0.25, 0.3) is 110 Å². The number of hydrogen-bond donors (Lipinski definition) is 0. The summed E-state index contributed by atoms with van der Waals surface area (Å²) in [7, 11) is 0. The van der Waals surface area contributed by atoms with Gasteiger partial charge in [-0.2, -0.15) is 0 Å². The minimum atomic E-state index is 1.10. The molecule has 0 saturated carbocycles. The van der Waals surface area contributed by atoms with Crippen molar-refractivity contribution in [2.24, 2.45) is 0 Å². The second kappa shape index (κ2) is 27.6. The molecule has 21 rings (SSSR count). The molecular weight excluding hydrogens is 1370 g/mol. The third-order valence-electron chi connectivity index (χ3n) is 20.7. The van der Waals surface area contributed by atoms with Crippen molar-refractivity contribution in [1.82, 2.24) is 4.57 Å². The average molecular weight is 1430 g/mol. The molecule has 510 valence electrons. The van der Waals surface area contributed by atoms with Crippen molar-refractivity contribution in [1.29, 1.82) is 0 Å². The van der Waals surface area contributed by atoms with Crippen molar-refractivity contribution in [3.05, 3.63) is 406 Å². The number of nitrogens with zero attached hydrogens (tertiary/aromatic N) is 5. The molecule has 4 heterocycles. The van der Waals surface area contributed by atoms with Crippen LogP contribution in [0.15, 0.2) is 406 Å². The first kappa shape index (κ1) is 64.3. The number of thiophene rings is 3. The maximum atomic E-state index is 2.41.